The first-order valence-corrected chi connectivity index (χ1v) is 20.5. The number of nitrogens with one attached hydrogen (secondary N) is 1. The lowest BCUT2D eigenvalue weighted by atomic mass is 9.85. The summed E-state index contributed by atoms with van der Waals surface area (Å²) in [4.78, 5) is 57.2. The molecule has 0 unspecified atom stereocenters. The predicted octanol–water partition coefficient (Wildman–Crippen LogP) is 6.07. The number of nitrogens with zero attached hydrogens (tertiary/aromatic N) is 2. The van der Waals surface area contributed by atoms with Crippen molar-refractivity contribution in [1.82, 2.24) is 15.1 Å². The average molecular weight is 808 g/mol. The molecule has 0 saturated carbocycles. The number of rotatable bonds is 16. The number of carboxylic acid groups (broad SMARTS) is 1. The number of thiophene rings is 1. The van der Waals surface area contributed by atoms with Gasteiger partial charge in [0.25, 0.3) is 5.91 Å². The number of likely N-dealkylation sites (tertiary alicyclic amines) is 1. The molecule has 2 aromatic carbocycles. The molecule has 0 bridgehead atoms. The molecular formula is C38H48F2N3O10PS. The molecule has 13 nitrogen and oxygen atoms in total. The van der Waals surface area contributed by atoms with Gasteiger partial charge in [-0.1, -0.05) is 57.2 Å². The number of fused-ring (bicyclic) bond motifs is 1. The standard InChI is InChI=1S/C38H48F2N3O10PS/c1-6-52-54(49,53-7-2)38(39,40)26-13-14-30-25(19-26)20-31(55-30)35(47)41-34(37(3,4)5)36(48)43-16-15-28(51-23-32(45)46)33(43)27(44)21-42-17-18-50-29(22-42)24-11-9-8-10-12-24/h8-14,19-20,28-29,33-34H,6-7,15-18,21-23H2,1-5H3,(H,41,47)(H,45,46)/t28-,29+,33-,34-/m1/s1. The van der Waals surface area contributed by atoms with Crippen LogP contribution in [0.25, 0.3) is 10.1 Å². The summed E-state index contributed by atoms with van der Waals surface area (Å²) in [5.41, 5.74) is -4.47. The minimum Gasteiger partial charge on any atom is -0.480 e. The van der Waals surface area contributed by atoms with Gasteiger partial charge in [0, 0.05) is 29.9 Å². The van der Waals surface area contributed by atoms with Gasteiger partial charge in [-0.05, 0) is 54.8 Å². The van der Waals surface area contributed by atoms with E-state index in [0.717, 1.165) is 29.0 Å². The smallest absolute Gasteiger partial charge is 0.404 e. The van der Waals surface area contributed by atoms with Gasteiger partial charge >= 0.3 is 19.2 Å². The summed E-state index contributed by atoms with van der Waals surface area (Å²) in [6, 6.07) is 12.4. The summed E-state index contributed by atoms with van der Waals surface area (Å²) in [6.45, 7) is 8.33. The van der Waals surface area contributed by atoms with Gasteiger partial charge in [0.05, 0.1) is 43.5 Å². The second-order valence-electron chi connectivity index (χ2n) is 14.5. The minimum absolute atomic E-state index is 0.0337. The Hall–Kier alpha value is -3.63. The van der Waals surface area contributed by atoms with Gasteiger partial charge < -0.3 is 33.8 Å². The zero-order valence-electron chi connectivity index (χ0n) is 31.5. The van der Waals surface area contributed by atoms with Gasteiger partial charge in [-0.2, -0.15) is 8.78 Å². The molecule has 0 radical (unpaired) electrons. The van der Waals surface area contributed by atoms with Crippen molar-refractivity contribution >= 4 is 52.6 Å². The molecule has 2 N–H and O–H groups in total. The summed E-state index contributed by atoms with van der Waals surface area (Å²) in [5.74, 6) is -2.73. The first-order valence-electron chi connectivity index (χ1n) is 18.2. The minimum atomic E-state index is -4.87. The third-order valence-corrected chi connectivity index (χ3v) is 12.8. The Kier molecular flexibility index (Phi) is 13.7. The SMILES string of the molecule is CCOP(=O)(OCC)C(F)(F)c1ccc2sc(C(=O)N[C@H](C(=O)N3CC[C@@H](OCC(=O)O)[C@H]3C(=O)CN3CCO[C@H](c4ccccc4)C3)C(C)(C)C)cc2c1. The Morgan fingerprint density at radius 3 is 2.36 bits per heavy atom. The second kappa shape index (κ2) is 17.7. The third-order valence-electron chi connectivity index (χ3n) is 9.50. The van der Waals surface area contributed by atoms with Gasteiger partial charge in [-0.15, -0.1) is 11.3 Å². The van der Waals surface area contributed by atoms with Crippen LogP contribution in [0.15, 0.2) is 54.6 Å². The van der Waals surface area contributed by atoms with Crippen molar-refractivity contribution in [2.45, 2.75) is 71.0 Å². The largest absolute Gasteiger partial charge is 0.480 e. The molecule has 5 rings (SSSR count). The van der Waals surface area contributed by atoms with E-state index in [9.17, 15) is 28.8 Å². The molecule has 55 heavy (non-hydrogen) atoms. The normalized spacial score (nSPS) is 20.4. The van der Waals surface area contributed by atoms with Gasteiger partial charge in [-0.3, -0.25) is 23.8 Å². The molecule has 300 valence electrons. The fraction of sp³-hybridized carbons (Fsp3) is 0.526. The highest BCUT2D eigenvalue weighted by molar-refractivity contribution is 7.54. The van der Waals surface area contributed by atoms with Crippen molar-refractivity contribution in [2.24, 2.45) is 5.41 Å². The Bertz CT molecular complexity index is 1900. The molecule has 3 heterocycles. The third kappa shape index (κ3) is 9.67. The first kappa shape index (κ1) is 42.5. The van der Waals surface area contributed by atoms with Crippen LogP contribution in [0, 0.1) is 5.41 Å². The molecule has 3 aromatic rings. The molecule has 0 aliphatic carbocycles. The summed E-state index contributed by atoms with van der Waals surface area (Å²) < 4.78 is 66.1. The van der Waals surface area contributed by atoms with E-state index in [1.165, 1.54) is 30.9 Å². The number of amides is 2. The van der Waals surface area contributed by atoms with E-state index in [0.29, 0.717) is 24.4 Å². The van der Waals surface area contributed by atoms with Crippen LogP contribution in [0.3, 0.4) is 0 Å². The Labute approximate surface area is 322 Å². The zero-order valence-corrected chi connectivity index (χ0v) is 33.2. The summed E-state index contributed by atoms with van der Waals surface area (Å²) >= 11 is 1.02. The fourth-order valence-electron chi connectivity index (χ4n) is 6.83. The molecule has 0 spiro atoms. The van der Waals surface area contributed by atoms with Crippen molar-refractivity contribution < 1.29 is 56.2 Å². The lowest BCUT2D eigenvalue weighted by Crippen LogP contribution is -2.59. The monoisotopic (exact) mass is 807 g/mol. The summed E-state index contributed by atoms with van der Waals surface area (Å²) in [5, 5.41) is 12.4. The van der Waals surface area contributed by atoms with Crippen LogP contribution < -0.4 is 5.32 Å². The number of hydrogen-bond acceptors (Lipinski definition) is 11. The maximum Gasteiger partial charge on any atom is 0.404 e. The topological polar surface area (TPSA) is 161 Å². The van der Waals surface area contributed by atoms with Crippen LogP contribution in [0.5, 0.6) is 0 Å². The van der Waals surface area contributed by atoms with Crippen molar-refractivity contribution in [3.8, 4) is 0 Å². The highest BCUT2D eigenvalue weighted by Crippen LogP contribution is 2.67. The summed E-state index contributed by atoms with van der Waals surface area (Å²) in [7, 11) is -4.87. The van der Waals surface area contributed by atoms with Crippen LogP contribution >= 0.6 is 18.9 Å². The predicted molar refractivity (Wildman–Crippen MR) is 201 cm³/mol. The van der Waals surface area contributed by atoms with Crippen molar-refractivity contribution in [3.05, 3.63) is 70.6 Å². The summed E-state index contributed by atoms with van der Waals surface area (Å²) in [6.07, 6.45) is -0.934. The lowest BCUT2D eigenvalue weighted by molar-refractivity contribution is -0.149. The van der Waals surface area contributed by atoms with Crippen LogP contribution in [-0.2, 0) is 43.1 Å². The Balaban J connectivity index is 1.36. The van der Waals surface area contributed by atoms with Crippen LogP contribution in [0.2, 0.25) is 0 Å². The number of carbonyl (C=O) groups excluding carboxylic acids is 3. The number of ether oxygens (including phenoxy) is 2. The van der Waals surface area contributed by atoms with E-state index in [-0.39, 0.29) is 54.9 Å². The number of ketones is 1. The number of hydrogen-bond donors (Lipinski definition) is 2. The van der Waals surface area contributed by atoms with E-state index < -0.39 is 66.8 Å². The molecule has 1 aromatic heterocycles. The zero-order chi connectivity index (χ0) is 40.1. The Morgan fingerprint density at radius 2 is 1.73 bits per heavy atom. The van der Waals surface area contributed by atoms with Gasteiger partial charge in [-0.25, -0.2) is 4.79 Å². The highest BCUT2D eigenvalue weighted by atomic mass is 32.1. The number of Topliss-reactive ketones (excluding diaryl/α,β-unsaturated/α-hetero) is 1. The molecule has 2 saturated heterocycles. The quantitative estimate of drug-likeness (QED) is 0.162. The number of carboxylic acids is 1. The Morgan fingerprint density at radius 1 is 1.04 bits per heavy atom. The number of carbonyl (C=O) groups is 4. The van der Waals surface area contributed by atoms with E-state index >= 15 is 8.78 Å². The number of halogens is 2. The van der Waals surface area contributed by atoms with E-state index in [1.807, 2.05) is 35.2 Å². The van der Waals surface area contributed by atoms with Crippen molar-refractivity contribution in [3.63, 3.8) is 0 Å². The number of benzene rings is 2. The van der Waals surface area contributed by atoms with Gasteiger partial charge in [0.1, 0.15) is 18.7 Å². The molecule has 2 aliphatic rings. The fourth-order valence-corrected chi connectivity index (χ4v) is 9.31. The molecular weight excluding hydrogens is 759 g/mol. The lowest BCUT2D eigenvalue weighted by Gasteiger charge is -2.37. The van der Waals surface area contributed by atoms with Gasteiger partial charge in [0.2, 0.25) is 5.91 Å². The van der Waals surface area contributed by atoms with Gasteiger partial charge in [0.15, 0.2) is 5.78 Å². The number of aliphatic carboxylic acids is 1. The van der Waals surface area contributed by atoms with E-state index in [4.69, 9.17) is 18.5 Å². The van der Waals surface area contributed by atoms with Crippen molar-refractivity contribution in [1.29, 1.82) is 0 Å². The van der Waals surface area contributed by atoms with Crippen LogP contribution in [0.1, 0.15) is 67.9 Å². The van der Waals surface area contributed by atoms with Crippen molar-refractivity contribution in [2.75, 3.05) is 52.6 Å². The second-order valence-corrected chi connectivity index (χ2v) is 17.6. The molecule has 2 fully saturated rings. The molecule has 17 heteroatoms. The average Bonchev–Trinajstić information content (AvgIpc) is 3.77. The van der Waals surface area contributed by atoms with Crippen LogP contribution in [-0.4, -0.2) is 109 Å². The first-order chi connectivity index (χ1) is 26.0. The number of morpholine rings is 1. The maximum atomic E-state index is 15.5. The molecule has 4 atom stereocenters. The van der Waals surface area contributed by atoms with Crippen LogP contribution in [0.4, 0.5) is 8.78 Å². The highest BCUT2D eigenvalue weighted by Gasteiger charge is 2.55. The molecule has 2 aliphatic heterocycles. The van der Waals surface area contributed by atoms with E-state index in [2.05, 4.69) is 5.32 Å². The van der Waals surface area contributed by atoms with E-state index in [1.54, 1.807) is 20.8 Å². The number of alkyl halides is 2. The maximum absolute atomic E-state index is 15.5. The molecule has 2 amide bonds.